The fourth-order valence-corrected chi connectivity index (χ4v) is 2.72. The summed E-state index contributed by atoms with van der Waals surface area (Å²) in [6, 6.07) is 12.1. The fourth-order valence-electron chi connectivity index (χ4n) is 2.03. The lowest BCUT2D eigenvalue weighted by Crippen LogP contribution is -2.10. The first-order valence-electron chi connectivity index (χ1n) is 6.88. The molecule has 5 nitrogen and oxygen atoms in total. The van der Waals surface area contributed by atoms with Crippen molar-refractivity contribution in [2.24, 2.45) is 10.7 Å². The number of halogens is 1. The second-order valence-electron chi connectivity index (χ2n) is 4.81. The molecule has 2 aromatic carbocycles. The predicted molar refractivity (Wildman–Crippen MR) is 90.0 cm³/mol. The highest BCUT2D eigenvalue weighted by Gasteiger charge is 2.19. The van der Waals surface area contributed by atoms with Crippen LogP contribution in [0.2, 0.25) is 0 Å². The standard InChI is InChI=1S/C17H11FN2O3S/c18-13-7-2-1-6-12(13)16(22)23-11-5-3-4-10(8-11)9-14-15(21)20-17(19)24-14/h1-9H,(H2,19,20,21). The molecular formula is C17H11FN2O3S. The number of amides is 1. The largest absolute Gasteiger partial charge is 0.423 e. The monoisotopic (exact) mass is 342 g/mol. The van der Waals surface area contributed by atoms with Gasteiger partial charge < -0.3 is 10.5 Å². The van der Waals surface area contributed by atoms with E-state index in [0.717, 1.165) is 11.8 Å². The highest BCUT2D eigenvalue weighted by atomic mass is 32.2. The summed E-state index contributed by atoms with van der Waals surface area (Å²) < 4.78 is 18.8. The summed E-state index contributed by atoms with van der Waals surface area (Å²) in [6.45, 7) is 0. The number of esters is 1. The highest BCUT2D eigenvalue weighted by Crippen LogP contribution is 2.27. The van der Waals surface area contributed by atoms with Gasteiger partial charge >= 0.3 is 5.97 Å². The molecule has 0 fully saturated rings. The lowest BCUT2D eigenvalue weighted by molar-refractivity contribution is -0.113. The van der Waals surface area contributed by atoms with E-state index in [1.165, 1.54) is 18.2 Å². The molecule has 0 atom stereocenters. The van der Waals surface area contributed by atoms with Crippen molar-refractivity contribution in [1.29, 1.82) is 0 Å². The van der Waals surface area contributed by atoms with E-state index in [1.54, 1.807) is 36.4 Å². The van der Waals surface area contributed by atoms with Crippen LogP contribution < -0.4 is 10.5 Å². The SMILES string of the molecule is NC1=NC(=O)C(=Cc2cccc(OC(=O)c3ccccc3F)c2)S1. The molecule has 1 aliphatic heterocycles. The number of rotatable bonds is 3. The van der Waals surface area contributed by atoms with Gasteiger partial charge in [-0.15, -0.1) is 0 Å². The Morgan fingerprint density at radius 3 is 2.71 bits per heavy atom. The first-order chi connectivity index (χ1) is 11.5. The van der Waals surface area contributed by atoms with Gasteiger partial charge in [0.25, 0.3) is 5.91 Å². The minimum absolute atomic E-state index is 0.149. The molecule has 0 bridgehead atoms. The van der Waals surface area contributed by atoms with Gasteiger partial charge in [0.1, 0.15) is 11.6 Å². The number of hydrogen-bond donors (Lipinski definition) is 1. The molecule has 1 aliphatic rings. The number of ether oxygens (including phenoxy) is 1. The normalized spacial score (nSPS) is 15.5. The van der Waals surface area contributed by atoms with Crippen molar-refractivity contribution in [3.05, 3.63) is 70.4 Å². The fraction of sp³-hybridized carbons (Fsp3) is 0. The van der Waals surface area contributed by atoms with Crippen LogP contribution in [-0.4, -0.2) is 17.0 Å². The number of carbonyl (C=O) groups excluding carboxylic acids is 2. The number of thioether (sulfide) groups is 1. The van der Waals surface area contributed by atoms with E-state index >= 15 is 0 Å². The minimum Gasteiger partial charge on any atom is -0.423 e. The molecule has 1 heterocycles. The van der Waals surface area contributed by atoms with Crippen LogP contribution in [0.25, 0.3) is 6.08 Å². The van der Waals surface area contributed by atoms with E-state index < -0.39 is 17.7 Å². The van der Waals surface area contributed by atoms with Gasteiger partial charge in [-0.3, -0.25) is 4.79 Å². The van der Waals surface area contributed by atoms with E-state index in [4.69, 9.17) is 10.5 Å². The molecule has 3 rings (SSSR count). The summed E-state index contributed by atoms with van der Waals surface area (Å²) in [5, 5.41) is 0.188. The summed E-state index contributed by atoms with van der Waals surface area (Å²) in [5.41, 5.74) is 5.97. The maximum Gasteiger partial charge on any atom is 0.346 e. The van der Waals surface area contributed by atoms with E-state index in [2.05, 4.69) is 4.99 Å². The van der Waals surface area contributed by atoms with Crippen LogP contribution in [0.5, 0.6) is 5.75 Å². The highest BCUT2D eigenvalue weighted by molar-refractivity contribution is 8.18. The van der Waals surface area contributed by atoms with E-state index in [-0.39, 0.29) is 16.5 Å². The zero-order valence-corrected chi connectivity index (χ0v) is 13.0. The van der Waals surface area contributed by atoms with Gasteiger partial charge in [-0.25, -0.2) is 9.18 Å². The summed E-state index contributed by atoms with van der Waals surface area (Å²) in [7, 11) is 0. The van der Waals surface area contributed by atoms with Crippen molar-refractivity contribution in [3.8, 4) is 5.75 Å². The Bertz CT molecular complexity index is 893. The molecule has 7 heteroatoms. The minimum atomic E-state index is -0.795. The topological polar surface area (TPSA) is 81.8 Å². The number of aliphatic imine (C=N–C) groups is 1. The third kappa shape index (κ3) is 3.52. The van der Waals surface area contributed by atoms with Crippen LogP contribution in [0, 0.1) is 5.82 Å². The van der Waals surface area contributed by atoms with Crippen LogP contribution in [-0.2, 0) is 4.79 Å². The molecule has 0 aromatic heterocycles. The number of amidine groups is 1. The van der Waals surface area contributed by atoms with Gasteiger partial charge in [0, 0.05) is 0 Å². The van der Waals surface area contributed by atoms with Crippen LogP contribution in [0.3, 0.4) is 0 Å². The number of nitrogens with zero attached hydrogens (tertiary/aromatic N) is 1. The lowest BCUT2D eigenvalue weighted by atomic mass is 10.2. The third-order valence-electron chi connectivity index (χ3n) is 3.10. The molecule has 0 saturated carbocycles. The molecule has 0 radical (unpaired) electrons. The quantitative estimate of drug-likeness (QED) is 0.527. The molecule has 120 valence electrons. The second kappa shape index (κ2) is 6.67. The predicted octanol–water partition coefficient (Wildman–Crippen LogP) is 2.97. The third-order valence-corrected chi connectivity index (χ3v) is 3.91. The molecule has 0 unspecified atom stereocenters. The van der Waals surface area contributed by atoms with Gasteiger partial charge in [0.05, 0.1) is 10.5 Å². The van der Waals surface area contributed by atoms with Gasteiger partial charge in [-0.05, 0) is 47.7 Å². The first-order valence-corrected chi connectivity index (χ1v) is 7.69. The van der Waals surface area contributed by atoms with E-state index in [0.29, 0.717) is 10.5 Å². The summed E-state index contributed by atoms with van der Waals surface area (Å²) in [5.74, 6) is -1.62. The van der Waals surface area contributed by atoms with Crippen molar-refractivity contribution in [1.82, 2.24) is 0 Å². The van der Waals surface area contributed by atoms with Crippen molar-refractivity contribution in [3.63, 3.8) is 0 Å². The van der Waals surface area contributed by atoms with Crippen LogP contribution >= 0.6 is 11.8 Å². The van der Waals surface area contributed by atoms with Gasteiger partial charge in [0.2, 0.25) is 0 Å². The first kappa shape index (κ1) is 15.9. The number of hydrogen-bond acceptors (Lipinski definition) is 5. The Hall–Kier alpha value is -2.93. The average molecular weight is 342 g/mol. The van der Waals surface area contributed by atoms with Crippen molar-refractivity contribution >= 4 is 34.9 Å². The maximum atomic E-state index is 13.6. The maximum absolute atomic E-state index is 13.6. The molecule has 1 amide bonds. The van der Waals surface area contributed by atoms with Gasteiger partial charge in [-0.1, -0.05) is 24.3 Å². The zero-order valence-electron chi connectivity index (χ0n) is 12.2. The smallest absolute Gasteiger partial charge is 0.346 e. The van der Waals surface area contributed by atoms with Crippen LogP contribution in [0.4, 0.5) is 4.39 Å². The molecule has 0 aliphatic carbocycles. The number of nitrogens with two attached hydrogens (primary N) is 1. The van der Waals surface area contributed by atoms with E-state index in [1.807, 2.05) is 0 Å². The Morgan fingerprint density at radius 2 is 2.00 bits per heavy atom. The van der Waals surface area contributed by atoms with Crippen molar-refractivity contribution in [2.45, 2.75) is 0 Å². The Morgan fingerprint density at radius 1 is 1.21 bits per heavy atom. The zero-order chi connectivity index (χ0) is 17.1. The summed E-state index contributed by atoms with van der Waals surface area (Å²) in [6.07, 6.45) is 1.59. The molecule has 2 aromatic rings. The van der Waals surface area contributed by atoms with Crippen molar-refractivity contribution < 1.29 is 18.7 Å². The van der Waals surface area contributed by atoms with Crippen molar-refractivity contribution in [2.75, 3.05) is 0 Å². The molecule has 2 N–H and O–H groups in total. The van der Waals surface area contributed by atoms with Crippen LogP contribution in [0.1, 0.15) is 15.9 Å². The Labute approximate surface area is 141 Å². The Kier molecular flexibility index (Phi) is 4.43. The Balaban J connectivity index is 1.79. The molecule has 24 heavy (non-hydrogen) atoms. The molecular weight excluding hydrogens is 331 g/mol. The number of carbonyl (C=O) groups is 2. The summed E-state index contributed by atoms with van der Waals surface area (Å²) >= 11 is 1.07. The molecule has 0 spiro atoms. The summed E-state index contributed by atoms with van der Waals surface area (Å²) in [4.78, 5) is 27.6. The van der Waals surface area contributed by atoms with Crippen LogP contribution in [0.15, 0.2) is 58.4 Å². The second-order valence-corrected chi connectivity index (χ2v) is 5.87. The van der Waals surface area contributed by atoms with Gasteiger partial charge in [0.15, 0.2) is 5.17 Å². The van der Waals surface area contributed by atoms with E-state index in [9.17, 15) is 14.0 Å². The lowest BCUT2D eigenvalue weighted by Gasteiger charge is -2.06. The van der Waals surface area contributed by atoms with Gasteiger partial charge in [-0.2, -0.15) is 4.99 Å². The molecule has 0 saturated heterocycles. The number of benzene rings is 2. The average Bonchev–Trinajstić information content (AvgIpc) is 2.85.